The number of nitrogens with one attached hydrogen (secondary N) is 1. The van der Waals surface area contributed by atoms with E-state index >= 15 is 0 Å². The highest BCUT2D eigenvalue weighted by molar-refractivity contribution is 7.99. The molecular formula is C12H16N4O5S. The highest BCUT2D eigenvalue weighted by Gasteiger charge is 2.44. The van der Waals surface area contributed by atoms with E-state index < -0.39 is 24.5 Å². The van der Waals surface area contributed by atoms with Gasteiger partial charge in [-0.25, -0.2) is 9.97 Å². The van der Waals surface area contributed by atoms with Crippen molar-refractivity contribution in [2.75, 3.05) is 18.1 Å². The second-order valence-corrected chi connectivity index (χ2v) is 6.05. The van der Waals surface area contributed by atoms with Gasteiger partial charge in [0.2, 0.25) is 0 Å². The smallest absolute Gasteiger partial charge is 0.278 e. The van der Waals surface area contributed by atoms with Crippen LogP contribution in [-0.4, -0.2) is 71.3 Å². The number of aromatic amines is 1. The Bertz CT molecular complexity index is 704. The normalized spacial score (nSPS) is 28.5. The molecule has 22 heavy (non-hydrogen) atoms. The average Bonchev–Trinajstić information content (AvgIpc) is 3.05. The van der Waals surface area contributed by atoms with Crippen LogP contribution in [0.5, 0.6) is 0 Å². The SMILES string of the molecule is O=c1[nH]cnc2c1ncn2[C@@H]1O[C@H](CSCCO)[C@@H](O)[C@H]1O. The van der Waals surface area contributed by atoms with Crippen molar-refractivity contribution in [1.82, 2.24) is 19.5 Å². The third kappa shape index (κ3) is 2.63. The summed E-state index contributed by atoms with van der Waals surface area (Å²) in [6.45, 7) is 0.0400. The van der Waals surface area contributed by atoms with Gasteiger partial charge in [-0.05, 0) is 0 Å². The summed E-state index contributed by atoms with van der Waals surface area (Å²) in [4.78, 5) is 22.1. The van der Waals surface area contributed by atoms with E-state index in [1.54, 1.807) is 0 Å². The summed E-state index contributed by atoms with van der Waals surface area (Å²) in [5, 5.41) is 29.0. The molecule has 0 aromatic carbocycles. The standard InChI is InChI=1S/C12H16N4O5S/c17-1-2-22-3-6-8(18)9(19)12(21-6)16-5-15-7-10(16)13-4-14-11(7)20/h4-6,8-9,12,17-19H,1-3H2,(H,13,14,20)/t6-,8-,9-,12-/m1/s1. The number of aromatic nitrogens is 4. The number of ether oxygens (including phenoxy) is 1. The fourth-order valence-corrected chi connectivity index (χ4v) is 3.21. The minimum atomic E-state index is -1.15. The molecule has 1 fully saturated rings. The first kappa shape index (κ1) is 15.4. The molecule has 1 saturated heterocycles. The van der Waals surface area contributed by atoms with E-state index in [-0.39, 0.29) is 23.3 Å². The van der Waals surface area contributed by atoms with Gasteiger partial charge < -0.3 is 25.0 Å². The number of rotatable bonds is 5. The summed E-state index contributed by atoms with van der Waals surface area (Å²) in [7, 11) is 0. The first-order valence-electron chi connectivity index (χ1n) is 6.74. The molecule has 0 unspecified atom stereocenters. The van der Waals surface area contributed by atoms with E-state index in [0.29, 0.717) is 11.5 Å². The van der Waals surface area contributed by atoms with Crippen LogP contribution in [0.25, 0.3) is 11.2 Å². The quantitative estimate of drug-likeness (QED) is 0.486. The molecule has 10 heteroatoms. The van der Waals surface area contributed by atoms with E-state index in [0.717, 1.165) is 0 Å². The van der Waals surface area contributed by atoms with Crippen LogP contribution in [0.15, 0.2) is 17.4 Å². The Kier molecular flexibility index (Phi) is 4.45. The van der Waals surface area contributed by atoms with Gasteiger partial charge in [0.1, 0.15) is 12.2 Å². The van der Waals surface area contributed by atoms with Gasteiger partial charge in [0.15, 0.2) is 17.4 Å². The second-order valence-electron chi connectivity index (χ2n) is 4.90. The van der Waals surface area contributed by atoms with Crippen molar-refractivity contribution in [1.29, 1.82) is 0 Å². The molecule has 0 saturated carbocycles. The number of hydrogen-bond acceptors (Lipinski definition) is 8. The number of imidazole rings is 1. The summed E-state index contributed by atoms with van der Waals surface area (Å²) in [6.07, 6.45) is -1.05. The van der Waals surface area contributed by atoms with Crippen molar-refractivity contribution >= 4 is 22.9 Å². The van der Waals surface area contributed by atoms with Crippen LogP contribution >= 0.6 is 11.8 Å². The largest absolute Gasteiger partial charge is 0.396 e. The third-order valence-corrected chi connectivity index (χ3v) is 4.53. The van der Waals surface area contributed by atoms with Crippen molar-refractivity contribution in [3.8, 4) is 0 Å². The van der Waals surface area contributed by atoms with Crippen LogP contribution in [-0.2, 0) is 4.74 Å². The molecule has 0 amide bonds. The zero-order valence-corrected chi connectivity index (χ0v) is 12.3. The Balaban J connectivity index is 1.85. The van der Waals surface area contributed by atoms with Gasteiger partial charge in [-0.1, -0.05) is 0 Å². The zero-order chi connectivity index (χ0) is 15.7. The fraction of sp³-hybridized carbons (Fsp3) is 0.583. The molecule has 0 bridgehead atoms. The van der Waals surface area contributed by atoms with Crippen molar-refractivity contribution in [2.24, 2.45) is 0 Å². The van der Waals surface area contributed by atoms with Gasteiger partial charge in [-0.3, -0.25) is 9.36 Å². The molecule has 120 valence electrons. The lowest BCUT2D eigenvalue weighted by molar-refractivity contribution is -0.0289. The van der Waals surface area contributed by atoms with E-state index in [9.17, 15) is 15.0 Å². The predicted octanol–water partition coefficient (Wildman–Crippen LogP) is -1.54. The summed E-state index contributed by atoms with van der Waals surface area (Å²) in [5.41, 5.74) is 0.0430. The Hall–Kier alpha value is -1.46. The molecule has 2 aromatic heterocycles. The monoisotopic (exact) mass is 328 g/mol. The molecule has 0 radical (unpaired) electrons. The summed E-state index contributed by atoms with van der Waals surface area (Å²) >= 11 is 1.42. The number of aliphatic hydroxyl groups is 3. The highest BCUT2D eigenvalue weighted by atomic mass is 32.2. The van der Waals surface area contributed by atoms with Crippen LogP contribution in [0.1, 0.15) is 6.23 Å². The van der Waals surface area contributed by atoms with Gasteiger partial charge in [0.05, 0.1) is 25.4 Å². The van der Waals surface area contributed by atoms with Gasteiger partial charge >= 0.3 is 0 Å². The number of fused-ring (bicyclic) bond motifs is 1. The van der Waals surface area contributed by atoms with Crippen LogP contribution < -0.4 is 5.56 Å². The molecule has 3 rings (SSSR count). The summed E-state index contributed by atoms with van der Waals surface area (Å²) < 4.78 is 7.13. The first-order chi connectivity index (χ1) is 10.6. The Morgan fingerprint density at radius 3 is 2.95 bits per heavy atom. The second kappa shape index (κ2) is 6.34. The molecule has 4 atom stereocenters. The molecule has 1 aliphatic rings. The molecule has 0 spiro atoms. The maximum absolute atomic E-state index is 11.6. The minimum Gasteiger partial charge on any atom is -0.396 e. The number of aliphatic hydroxyl groups excluding tert-OH is 3. The molecular weight excluding hydrogens is 312 g/mol. The van der Waals surface area contributed by atoms with E-state index in [2.05, 4.69) is 15.0 Å². The van der Waals surface area contributed by atoms with Crippen molar-refractivity contribution < 1.29 is 20.1 Å². The highest BCUT2D eigenvalue weighted by Crippen LogP contribution is 2.32. The molecule has 0 aliphatic carbocycles. The molecule has 3 heterocycles. The fourth-order valence-electron chi connectivity index (χ4n) is 2.41. The number of thioether (sulfide) groups is 1. The van der Waals surface area contributed by atoms with Gasteiger partial charge in [0.25, 0.3) is 5.56 Å². The maximum atomic E-state index is 11.6. The number of hydrogen-bond donors (Lipinski definition) is 4. The summed E-state index contributed by atoms with van der Waals surface area (Å²) in [5.74, 6) is 0.966. The Morgan fingerprint density at radius 1 is 1.36 bits per heavy atom. The summed E-state index contributed by atoms with van der Waals surface area (Å²) in [6, 6.07) is 0. The van der Waals surface area contributed by atoms with Gasteiger partial charge in [0, 0.05) is 11.5 Å². The Morgan fingerprint density at radius 2 is 2.18 bits per heavy atom. The van der Waals surface area contributed by atoms with Crippen molar-refractivity contribution in [2.45, 2.75) is 24.5 Å². The molecule has 1 aliphatic heterocycles. The predicted molar refractivity (Wildman–Crippen MR) is 78.5 cm³/mol. The Labute approximate surface area is 129 Å². The van der Waals surface area contributed by atoms with E-state index in [4.69, 9.17) is 9.84 Å². The first-order valence-corrected chi connectivity index (χ1v) is 7.89. The van der Waals surface area contributed by atoms with Crippen molar-refractivity contribution in [3.63, 3.8) is 0 Å². The lowest BCUT2D eigenvalue weighted by atomic mass is 10.1. The third-order valence-electron chi connectivity index (χ3n) is 3.49. The number of H-pyrrole nitrogens is 1. The van der Waals surface area contributed by atoms with Gasteiger partial charge in [-0.15, -0.1) is 0 Å². The zero-order valence-electron chi connectivity index (χ0n) is 11.5. The maximum Gasteiger partial charge on any atom is 0.278 e. The van der Waals surface area contributed by atoms with Crippen molar-refractivity contribution in [3.05, 3.63) is 23.0 Å². The molecule has 9 nitrogen and oxygen atoms in total. The van der Waals surface area contributed by atoms with E-state index in [1.165, 1.54) is 29.0 Å². The lowest BCUT2D eigenvalue weighted by Crippen LogP contribution is -2.32. The van der Waals surface area contributed by atoms with Crippen LogP contribution in [0.4, 0.5) is 0 Å². The lowest BCUT2D eigenvalue weighted by Gasteiger charge is -2.16. The average molecular weight is 328 g/mol. The minimum absolute atomic E-state index is 0.0400. The number of nitrogens with zero attached hydrogens (tertiary/aromatic N) is 3. The van der Waals surface area contributed by atoms with Crippen LogP contribution in [0.2, 0.25) is 0 Å². The van der Waals surface area contributed by atoms with Gasteiger partial charge in [-0.2, -0.15) is 11.8 Å². The van der Waals surface area contributed by atoms with Crippen LogP contribution in [0, 0.1) is 0 Å². The van der Waals surface area contributed by atoms with E-state index in [1.807, 2.05) is 0 Å². The van der Waals surface area contributed by atoms with Crippen LogP contribution in [0.3, 0.4) is 0 Å². The molecule has 4 N–H and O–H groups in total. The topological polar surface area (TPSA) is 133 Å². The molecule has 2 aromatic rings.